The fraction of sp³-hybridized carbons (Fsp3) is 0.533. The summed E-state index contributed by atoms with van der Waals surface area (Å²) in [4.78, 5) is 14.9. The molecule has 0 bridgehead atoms. The Morgan fingerprint density at radius 1 is 1.28 bits per heavy atom. The van der Waals surface area contributed by atoms with Crippen LogP contribution in [-0.4, -0.2) is 17.6 Å². The highest BCUT2D eigenvalue weighted by Gasteiger charge is 2.36. The molecule has 18 heavy (non-hydrogen) atoms. The molecule has 3 heteroatoms. The van der Waals surface area contributed by atoms with Gasteiger partial charge in [-0.3, -0.25) is 0 Å². The van der Waals surface area contributed by atoms with E-state index in [-0.39, 0.29) is 5.54 Å². The average Bonchev–Trinajstić information content (AvgIpc) is 2.78. The van der Waals surface area contributed by atoms with Gasteiger partial charge in [-0.25, -0.2) is 4.79 Å². The summed E-state index contributed by atoms with van der Waals surface area (Å²) in [6, 6.07) is 8.73. The van der Waals surface area contributed by atoms with E-state index in [0.29, 0.717) is 5.92 Å². The fourth-order valence-electron chi connectivity index (χ4n) is 3.02. The zero-order valence-electron chi connectivity index (χ0n) is 10.4. The van der Waals surface area contributed by atoms with Gasteiger partial charge in [0.2, 0.25) is 6.08 Å². The molecule has 1 saturated heterocycles. The van der Waals surface area contributed by atoms with Crippen molar-refractivity contribution in [1.29, 1.82) is 0 Å². The first-order valence-electron chi connectivity index (χ1n) is 6.61. The fourth-order valence-corrected chi connectivity index (χ4v) is 3.88. The quantitative estimate of drug-likeness (QED) is 0.613. The van der Waals surface area contributed by atoms with Crippen LogP contribution in [-0.2, 0) is 10.3 Å². The zero-order valence-corrected chi connectivity index (χ0v) is 11.2. The van der Waals surface area contributed by atoms with Gasteiger partial charge in [-0.2, -0.15) is 16.8 Å². The number of carbonyl (C=O) groups excluding carboxylic acids is 1. The Morgan fingerprint density at radius 2 is 2.06 bits per heavy atom. The number of benzene rings is 1. The second-order valence-corrected chi connectivity index (χ2v) is 6.38. The third-order valence-electron chi connectivity index (χ3n) is 4.22. The van der Waals surface area contributed by atoms with Crippen molar-refractivity contribution >= 4 is 17.8 Å². The Labute approximate surface area is 112 Å². The predicted molar refractivity (Wildman–Crippen MR) is 74.8 cm³/mol. The standard InChI is InChI=1S/C15H17NOS/c17-11-16-15(6-1-2-7-15)14-5-3-4-12(8-14)13-9-18-10-13/h3-5,8,13H,1-2,6-7,9-10H2. The summed E-state index contributed by atoms with van der Waals surface area (Å²) < 4.78 is 0. The van der Waals surface area contributed by atoms with E-state index in [1.54, 1.807) is 6.08 Å². The topological polar surface area (TPSA) is 29.4 Å². The van der Waals surface area contributed by atoms with Gasteiger partial charge in [0.1, 0.15) is 0 Å². The highest BCUT2D eigenvalue weighted by molar-refractivity contribution is 8.00. The molecule has 94 valence electrons. The van der Waals surface area contributed by atoms with E-state index < -0.39 is 0 Å². The second kappa shape index (κ2) is 4.91. The Kier molecular flexibility index (Phi) is 3.27. The molecular weight excluding hydrogens is 242 g/mol. The molecule has 3 rings (SSSR count). The number of thioether (sulfide) groups is 1. The van der Waals surface area contributed by atoms with E-state index >= 15 is 0 Å². The first-order valence-corrected chi connectivity index (χ1v) is 7.77. The van der Waals surface area contributed by atoms with Crippen LogP contribution in [0.4, 0.5) is 0 Å². The smallest absolute Gasteiger partial charge is 0.211 e. The number of rotatable bonds is 3. The lowest BCUT2D eigenvalue weighted by Gasteiger charge is -2.28. The summed E-state index contributed by atoms with van der Waals surface area (Å²) >= 11 is 2.00. The van der Waals surface area contributed by atoms with Crippen LogP contribution in [0.2, 0.25) is 0 Å². The lowest BCUT2D eigenvalue weighted by molar-refractivity contribution is 0.455. The molecule has 1 aromatic rings. The average molecular weight is 259 g/mol. The van der Waals surface area contributed by atoms with Crippen LogP contribution in [0, 0.1) is 0 Å². The van der Waals surface area contributed by atoms with Crippen molar-refractivity contribution < 1.29 is 4.79 Å². The van der Waals surface area contributed by atoms with Crippen LogP contribution >= 0.6 is 11.8 Å². The molecular formula is C15H17NOS. The van der Waals surface area contributed by atoms with Gasteiger partial charge in [-0.1, -0.05) is 37.1 Å². The minimum Gasteiger partial charge on any atom is -0.211 e. The maximum atomic E-state index is 10.7. The molecule has 1 aromatic carbocycles. The molecule has 0 spiro atoms. The van der Waals surface area contributed by atoms with Gasteiger partial charge in [0.25, 0.3) is 0 Å². The Balaban J connectivity index is 1.96. The van der Waals surface area contributed by atoms with Gasteiger partial charge in [0, 0.05) is 17.4 Å². The second-order valence-electron chi connectivity index (χ2n) is 5.30. The molecule has 1 aliphatic heterocycles. The highest BCUT2D eigenvalue weighted by Crippen LogP contribution is 2.43. The van der Waals surface area contributed by atoms with Crippen LogP contribution in [0.15, 0.2) is 29.3 Å². The van der Waals surface area contributed by atoms with E-state index in [1.165, 1.54) is 22.6 Å². The first kappa shape index (κ1) is 12.0. The SMILES string of the molecule is O=C=NC1(c2cccc(C3CSC3)c2)CCCC1. The summed E-state index contributed by atoms with van der Waals surface area (Å²) in [5.74, 6) is 3.16. The molecule has 0 aromatic heterocycles. The molecule has 0 radical (unpaired) electrons. The van der Waals surface area contributed by atoms with Gasteiger partial charge in [0.05, 0.1) is 5.54 Å². The van der Waals surface area contributed by atoms with Crippen molar-refractivity contribution in [1.82, 2.24) is 0 Å². The van der Waals surface area contributed by atoms with Crippen molar-refractivity contribution in [3.8, 4) is 0 Å². The minimum absolute atomic E-state index is 0.269. The van der Waals surface area contributed by atoms with E-state index in [1.807, 2.05) is 11.8 Å². The van der Waals surface area contributed by atoms with Crippen molar-refractivity contribution in [2.45, 2.75) is 37.1 Å². The lowest BCUT2D eigenvalue weighted by Crippen LogP contribution is -2.21. The maximum Gasteiger partial charge on any atom is 0.235 e. The third-order valence-corrected chi connectivity index (χ3v) is 5.50. The summed E-state index contributed by atoms with van der Waals surface area (Å²) in [5, 5.41) is 0. The van der Waals surface area contributed by atoms with Crippen molar-refractivity contribution in [3.63, 3.8) is 0 Å². The molecule has 1 saturated carbocycles. The van der Waals surface area contributed by atoms with E-state index in [0.717, 1.165) is 25.7 Å². The highest BCUT2D eigenvalue weighted by atomic mass is 32.2. The van der Waals surface area contributed by atoms with Crippen LogP contribution in [0.1, 0.15) is 42.7 Å². The maximum absolute atomic E-state index is 10.7. The minimum atomic E-state index is -0.269. The molecule has 0 amide bonds. The van der Waals surface area contributed by atoms with Gasteiger partial charge in [-0.05, 0) is 24.0 Å². The van der Waals surface area contributed by atoms with Gasteiger partial charge < -0.3 is 0 Å². The largest absolute Gasteiger partial charge is 0.235 e. The normalized spacial score (nSPS) is 22.2. The molecule has 0 atom stereocenters. The van der Waals surface area contributed by atoms with Crippen LogP contribution in [0.25, 0.3) is 0 Å². The van der Waals surface area contributed by atoms with Crippen LogP contribution in [0.3, 0.4) is 0 Å². The zero-order chi connectivity index (χ0) is 12.4. The molecule has 0 N–H and O–H groups in total. The Hall–Kier alpha value is -1.05. The Morgan fingerprint density at radius 3 is 2.67 bits per heavy atom. The number of nitrogens with zero attached hydrogens (tertiary/aromatic N) is 1. The van der Waals surface area contributed by atoms with Crippen LogP contribution in [0.5, 0.6) is 0 Å². The van der Waals surface area contributed by atoms with E-state index in [9.17, 15) is 4.79 Å². The lowest BCUT2D eigenvalue weighted by atomic mass is 9.86. The van der Waals surface area contributed by atoms with E-state index in [4.69, 9.17) is 0 Å². The third kappa shape index (κ3) is 2.02. The summed E-state index contributed by atoms with van der Waals surface area (Å²) in [6.45, 7) is 0. The number of isocyanates is 1. The van der Waals surface area contributed by atoms with Gasteiger partial charge in [0.15, 0.2) is 0 Å². The van der Waals surface area contributed by atoms with Gasteiger partial charge in [-0.15, -0.1) is 0 Å². The molecule has 2 aliphatic rings. The van der Waals surface area contributed by atoms with Gasteiger partial charge >= 0.3 is 0 Å². The van der Waals surface area contributed by atoms with Crippen LogP contribution < -0.4 is 0 Å². The molecule has 1 aliphatic carbocycles. The van der Waals surface area contributed by atoms with Crippen molar-refractivity contribution in [2.75, 3.05) is 11.5 Å². The summed E-state index contributed by atoms with van der Waals surface area (Å²) in [6.07, 6.45) is 6.10. The summed E-state index contributed by atoms with van der Waals surface area (Å²) in [7, 11) is 0. The number of hydrogen-bond donors (Lipinski definition) is 0. The molecule has 2 fully saturated rings. The first-order chi connectivity index (χ1) is 8.84. The molecule has 2 nitrogen and oxygen atoms in total. The molecule has 1 heterocycles. The number of aliphatic imine (C=N–C) groups is 1. The summed E-state index contributed by atoms with van der Waals surface area (Å²) in [5.41, 5.74) is 2.37. The number of hydrogen-bond acceptors (Lipinski definition) is 3. The predicted octanol–water partition coefficient (Wildman–Crippen LogP) is 3.62. The Bertz CT molecular complexity index is 483. The van der Waals surface area contributed by atoms with Crippen molar-refractivity contribution in [2.24, 2.45) is 4.99 Å². The molecule has 0 unspecified atom stereocenters. The monoisotopic (exact) mass is 259 g/mol. The van der Waals surface area contributed by atoms with Crippen molar-refractivity contribution in [3.05, 3.63) is 35.4 Å². The van der Waals surface area contributed by atoms with E-state index in [2.05, 4.69) is 29.3 Å².